The van der Waals surface area contributed by atoms with Crippen LogP contribution in [0.15, 0.2) is 40.9 Å². The van der Waals surface area contributed by atoms with Crippen molar-refractivity contribution in [2.24, 2.45) is 0 Å². The standard InChI is InChI=1S/C14H10BrClN2S/c1-8-2-5-12-13(6-8)18(14(19)17-12)9-3-4-10(15)11(16)7-9/h2-7H,1H3,(H,17,19). The fraction of sp³-hybridized carbons (Fsp3) is 0.0714. The van der Waals surface area contributed by atoms with Crippen LogP contribution in [-0.2, 0) is 0 Å². The number of halogens is 2. The molecule has 0 unspecified atom stereocenters. The largest absolute Gasteiger partial charge is 0.330 e. The molecule has 1 aromatic heterocycles. The molecule has 96 valence electrons. The van der Waals surface area contributed by atoms with E-state index in [1.165, 1.54) is 5.56 Å². The molecule has 0 aliphatic heterocycles. The Hall–Kier alpha value is -1.10. The van der Waals surface area contributed by atoms with Gasteiger partial charge in [0.15, 0.2) is 4.77 Å². The minimum atomic E-state index is 0.666. The third kappa shape index (κ3) is 2.24. The van der Waals surface area contributed by atoms with E-state index in [9.17, 15) is 0 Å². The van der Waals surface area contributed by atoms with Crippen LogP contribution >= 0.6 is 39.7 Å². The maximum Gasteiger partial charge on any atom is 0.182 e. The highest BCUT2D eigenvalue weighted by molar-refractivity contribution is 9.10. The van der Waals surface area contributed by atoms with Crippen LogP contribution in [0.1, 0.15) is 5.56 Å². The van der Waals surface area contributed by atoms with Crippen molar-refractivity contribution in [3.63, 3.8) is 0 Å². The molecule has 2 aromatic carbocycles. The maximum atomic E-state index is 6.16. The summed E-state index contributed by atoms with van der Waals surface area (Å²) < 4.78 is 3.54. The van der Waals surface area contributed by atoms with Gasteiger partial charge in [0.2, 0.25) is 0 Å². The monoisotopic (exact) mass is 352 g/mol. The molecule has 3 aromatic rings. The summed E-state index contributed by atoms with van der Waals surface area (Å²) in [5, 5.41) is 0.668. The van der Waals surface area contributed by atoms with E-state index >= 15 is 0 Å². The number of aromatic nitrogens is 2. The van der Waals surface area contributed by atoms with E-state index in [2.05, 4.69) is 40.0 Å². The first-order valence-electron chi connectivity index (χ1n) is 5.73. The molecule has 0 spiro atoms. The van der Waals surface area contributed by atoms with E-state index in [4.69, 9.17) is 23.8 Å². The third-order valence-corrected chi connectivity index (χ3v) is 4.52. The van der Waals surface area contributed by atoms with Crippen molar-refractivity contribution >= 4 is 50.8 Å². The number of aryl methyl sites for hydroxylation is 1. The number of fused-ring (bicyclic) bond motifs is 1. The molecule has 3 rings (SSSR count). The van der Waals surface area contributed by atoms with Crippen LogP contribution in [0.25, 0.3) is 16.7 Å². The maximum absolute atomic E-state index is 6.16. The second-order valence-corrected chi connectivity index (χ2v) is 6.03. The Morgan fingerprint density at radius 3 is 2.74 bits per heavy atom. The number of nitrogens with one attached hydrogen (secondary N) is 1. The summed E-state index contributed by atoms with van der Waals surface area (Å²) in [6, 6.07) is 12.0. The molecule has 0 bridgehead atoms. The van der Waals surface area contributed by atoms with Gasteiger partial charge in [0.1, 0.15) is 0 Å². The SMILES string of the molecule is Cc1ccc2[nH]c(=S)n(-c3ccc(Br)c(Cl)c3)c2c1. The van der Waals surface area contributed by atoms with Crippen molar-refractivity contribution in [2.75, 3.05) is 0 Å². The second kappa shape index (κ2) is 4.78. The highest BCUT2D eigenvalue weighted by Crippen LogP contribution is 2.27. The summed E-state index contributed by atoms with van der Waals surface area (Å²) in [5.41, 5.74) is 4.23. The van der Waals surface area contributed by atoms with Gasteiger partial charge in [-0.15, -0.1) is 0 Å². The highest BCUT2D eigenvalue weighted by atomic mass is 79.9. The van der Waals surface area contributed by atoms with E-state index in [0.717, 1.165) is 21.2 Å². The minimum Gasteiger partial charge on any atom is -0.330 e. The quantitative estimate of drug-likeness (QED) is 0.580. The first kappa shape index (κ1) is 12.9. The molecule has 0 radical (unpaired) electrons. The molecule has 0 amide bonds. The number of nitrogens with zero attached hydrogens (tertiary/aromatic N) is 1. The van der Waals surface area contributed by atoms with E-state index in [1.54, 1.807) is 0 Å². The smallest absolute Gasteiger partial charge is 0.182 e. The first-order chi connectivity index (χ1) is 9.06. The lowest BCUT2D eigenvalue weighted by Crippen LogP contribution is -1.94. The molecule has 5 heteroatoms. The Kier molecular flexibility index (Phi) is 3.25. The van der Waals surface area contributed by atoms with Gasteiger partial charge in [0.25, 0.3) is 0 Å². The summed E-state index contributed by atoms with van der Waals surface area (Å²) in [5.74, 6) is 0. The number of hydrogen-bond donors (Lipinski definition) is 1. The van der Waals surface area contributed by atoms with Crippen molar-refractivity contribution in [2.45, 2.75) is 6.92 Å². The zero-order chi connectivity index (χ0) is 13.6. The topological polar surface area (TPSA) is 20.7 Å². The summed E-state index contributed by atoms with van der Waals surface area (Å²) in [7, 11) is 0. The average Bonchev–Trinajstić information content (AvgIpc) is 2.68. The normalized spacial score (nSPS) is 11.1. The van der Waals surface area contributed by atoms with Crippen molar-refractivity contribution in [1.29, 1.82) is 0 Å². The Bertz CT molecular complexity index is 835. The fourth-order valence-corrected chi connectivity index (χ4v) is 2.83. The van der Waals surface area contributed by atoms with Crippen LogP contribution < -0.4 is 0 Å². The van der Waals surface area contributed by atoms with Crippen LogP contribution in [-0.4, -0.2) is 9.55 Å². The molecule has 0 aliphatic carbocycles. The van der Waals surface area contributed by atoms with Crippen molar-refractivity contribution in [1.82, 2.24) is 9.55 Å². The molecule has 0 atom stereocenters. The average molecular weight is 354 g/mol. The zero-order valence-corrected chi connectivity index (χ0v) is 13.2. The molecule has 19 heavy (non-hydrogen) atoms. The van der Waals surface area contributed by atoms with Crippen molar-refractivity contribution < 1.29 is 0 Å². The Morgan fingerprint density at radius 1 is 1.21 bits per heavy atom. The van der Waals surface area contributed by atoms with Gasteiger partial charge in [-0.3, -0.25) is 4.57 Å². The molecule has 0 fully saturated rings. The number of hydrogen-bond acceptors (Lipinski definition) is 1. The van der Waals surface area contributed by atoms with Gasteiger partial charge >= 0.3 is 0 Å². The summed E-state index contributed by atoms with van der Waals surface area (Å²) in [6.07, 6.45) is 0. The first-order valence-corrected chi connectivity index (χ1v) is 7.31. The molecule has 2 nitrogen and oxygen atoms in total. The van der Waals surface area contributed by atoms with Crippen LogP contribution in [0.4, 0.5) is 0 Å². The summed E-state index contributed by atoms with van der Waals surface area (Å²) in [6.45, 7) is 2.06. The van der Waals surface area contributed by atoms with Crippen LogP contribution in [0.3, 0.4) is 0 Å². The van der Waals surface area contributed by atoms with Gasteiger partial charge in [-0.2, -0.15) is 0 Å². The third-order valence-electron chi connectivity index (χ3n) is 3.00. The second-order valence-electron chi connectivity index (χ2n) is 4.38. The van der Waals surface area contributed by atoms with Gasteiger partial charge in [-0.05, 0) is 71.0 Å². The Labute approximate surface area is 129 Å². The predicted octanol–water partition coefficient (Wildman–Crippen LogP) is 5.41. The molecule has 0 saturated carbocycles. The van der Waals surface area contributed by atoms with E-state index in [0.29, 0.717) is 9.79 Å². The van der Waals surface area contributed by atoms with Crippen LogP contribution in [0.2, 0.25) is 5.02 Å². The van der Waals surface area contributed by atoms with Gasteiger partial charge in [-0.25, -0.2) is 0 Å². The van der Waals surface area contributed by atoms with Crippen LogP contribution in [0.5, 0.6) is 0 Å². The number of imidazole rings is 1. The molecule has 1 N–H and O–H groups in total. The lowest BCUT2D eigenvalue weighted by Gasteiger charge is -2.06. The van der Waals surface area contributed by atoms with E-state index in [1.807, 2.05) is 28.8 Å². The lowest BCUT2D eigenvalue weighted by atomic mass is 10.2. The number of aromatic amines is 1. The van der Waals surface area contributed by atoms with Crippen molar-refractivity contribution in [3.8, 4) is 5.69 Å². The zero-order valence-electron chi connectivity index (χ0n) is 10.1. The van der Waals surface area contributed by atoms with Crippen LogP contribution in [0, 0.1) is 11.7 Å². The molecule has 1 heterocycles. The number of benzene rings is 2. The highest BCUT2D eigenvalue weighted by Gasteiger charge is 2.08. The molecular weight excluding hydrogens is 344 g/mol. The number of H-pyrrole nitrogens is 1. The molecule has 0 saturated heterocycles. The fourth-order valence-electron chi connectivity index (χ4n) is 2.09. The van der Waals surface area contributed by atoms with Gasteiger partial charge in [0, 0.05) is 10.2 Å². The summed E-state index contributed by atoms with van der Waals surface area (Å²) in [4.78, 5) is 3.21. The van der Waals surface area contributed by atoms with E-state index < -0.39 is 0 Å². The number of rotatable bonds is 1. The van der Waals surface area contributed by atoms with Gasteiger partial charge in [-0.1, -0.05) is 17.7 Å². The van der Waals surface area contributed by atoms with Gasteiger partial charge < -0.3 is 4.98 Å². The van der Waals surface area contributed by atoms with E-state index in [-0.39, 0.29) is 0 Å². The minimum absolute atomic E-state index is 0.666. The Balaban J connectivity index is 2.35. The summed E-state index contributed by atoms with van der Waals surface area (Å²) >= 11 is 15.0. The molecule has 0 aliphatic rings. The van der Waals surface area contributed by atoms with Gasteiger partial charge in [0.05, 0.1) is 16.1 Å². The Morgan fingerprint density at radius 2 is 2.00 bits per heavy atom. The predicted molar refractivity (Wildman–Crippen MR) is 85.9 cm³/mol. The lowest BCUT2D eigenvalue weighted by molar-refractivity contribution is 1.06. The van der Waals surface area contributed by atoms with Crippen molar-refractivity contribution in [3.05, 3.63) is 56.2 Å². The molecular formula is C14H10BrClN2S.